The van der Waals surface area contributed by atoms with Crippen molar-refractivity contribution in [2.75, 3.05) is 0 Å². The Morgan fingerprint density at radius 3 is 1.86 bits per heavy atom. The van der Waals surface area contributed by atoms with Crippen LogP contribution in [0.1, 0.15) is 81.2 Å². The Kier molecular flexibility index (Phi) is 18.2. The molecule has 4 aromatic carbocycles. The third kappa shape index (κ3) is 12.0. The second-order valence-electron chi connectivity index (χ2n) is 18.2. The highest BCUT2D eigenvalue weighted by atomic mass is 35.5. The molecule has 20 nitrogen and oxygen atoms in total. The number of carbonyl (C=O) groups excluding carboxylic acids is 3. The summed E-state index contributed by atoms with van der Waals surface area (Å²) in [7, 11) is 6.13. The number of esters is 1. The Bertz CT molecular complexity index is 3510. The van der Waals surface area contributed by atoms with Crippen LogP contribution < -0.4 is 5.32 Å². The van der Waals surface area contributed by atoms with E-state index < -0.39 is 60.2 Å². The lowest BCUT2D eigenvalue weighted by molar-refractivity contribution is -0.150. The molecule has 26 heteroatoms. The van der Waals surface area contributed by atoms with Crippen LogP contribution in [-0.4, -0.2) is 115 Å². The number of H-pyrrole nitrogens is 1. The van der Waals surface area contributed by atoms with Gasteiger partial charge in [0.05, 0.1) is 53.7 Å². The number of aliphatic hydroxyl groups excluding tert-OH is 3. The Hall–Kier alpha value is -6.19. The highest BCUT2D eigenvalue weighted by molar-refractivity contribution is 7.04. The molecular weight excluding hydrogens is 1130 g/mol. The summed E-state index contributed by atoms with van der Waals surface area (Å²) in [5.74, 6) is -0.417. The van der Waals surface area contributed by atoms with E-state index in [-0.39, 0.29) is 22.8 Å². The Labute approximate surface area is 468 Å². The molecule has 4 aromatic heterocycles. The number of imide groups is 1. The number of hydrogen-bond acceptors (Lipinski definition) is 17. The second-order valence-corrected chi connectivity index (χ2v) is 20.3. The largest absolute Gasteiger partial charge is 0.451 e. The van der Waals surface area contributed by atoms with Crippen molar-refractivity contribution < 1.29 is 54.1 Å². The van der Waals surface area contributed by atoms with Gasteiger partial charge in [-0.25, -0.2) is 34.2 Å². The van der Waals surface area contributed by atoms with Gasteiger partial charge >= 0.3 is 5.97 Å². The zero-order valence-electron chi connectivity index (χ0n) is 41.1. The minimum Gasteiger partial charge on any atom is -0.451 e. The molecule has 0 saturated carbocycles. The highest BCUT2D eigenvalue weighted by Gasteiger charge is 2.57. The molecule has 2 fully saturated rings. The van der Waals surface area contributed by atoms with E-state index in [4.69, 9.17) is 60.6 Å². The fourth-order valence-electron chi connectivity index (χ4n) is 8.90. The topological polar surface area (TPSA) is 289 Å². The number of nitrogens with zero attached hydrogens (tertiary/aromatic N) is 7. The quantitative estimate of drug-likeness (QED) is 0.0402. The first-order chi connectivity index (χ1) is 37.2. The number of aromatic nitrogens is 6. The van der Waals surface area contributed by atoms with Crippen LogP contribution in [0.3, 0.4) is 0 Å². The number of amides is 2. The molecule has 10 atom stereocenters. The minimum absolute atomic E-state index is 0.216. The molecule has 2 amide bonds. The number of benzene rings is 4. The van der Waals surface area contributed by atoms with Crippen LogP contribution in [0.4, 0.5) is 11.6 Å². The fraction of sp³-hybridized carbons (Fsp3) is 0.250. The Morgan fingerprint density at radius 2 is 1.27 bits per heavy atom. The molecule has 78 heavy (non-hydrogen) atoms. The van der Waals surface area contributed by atoms with Crippen LogP contribution in [-0.2, 0) is 14.2 Å². The molecule has 404 valence electrons. The van der Waals surface area contributed by atoms with Crippen molar-refractivity contribution in [2.24, 2.45) is 9.49 Å². The summed E-state index contributed by atoms with van der Waals surface area (Å²) in [6.45, 7) is 4.76. The SMILES string of the molecule is C[C@@]1(O)[C@@H]([C@H](OC(=O)c2ccccc2)c2ccc(Cl)c(Cl)c2)OC(O)[C@@H]1O.C[C@H](c1ccc(Cl)c(Cl)c1)[C@H]1O[C@@H](n2ccc3c(N=P)ncnc32)[C@H](O)[C@]1(C)O.O=C1NC(=O)c2ccccc21.P=Nc1ncnc2[nH]ccc12. The van der Waals surface area contributed by atoms with Crippen molar-refractivity contribution >= 4 is 116 Å². The van der Waals surface area contributed by atoms with Gasteiger partial charge < -0.3 is 49.3 Å². The maximum atomic E-state index is 12.6. The predicted octanol–water partition coefficient (Wildman–Crippen LogP) is 9.72. The molecular formula is C52H47Cl4N9O11P2. The molecule has 3 aliphatic heterocycles. The van der Waals surface area contributed by atoms with Gasteiger partial charge in [-0.05, 0) is 104 Å². The molecule has 1 unspecified atom stereocenters. The van der Waals surface area contributed by atoms with E-state index in [2.05, 4.69) is 57.8 Å². The molecule has 0 bridgehead atoms. The number of aliphatic hydroxyl groups is 5. The van der Waals surface area contributed by atoms with Crippen LogP contribution >= 0.6 is 64.5 Å². The van der Waals surface area contributed by atoms with Gasteiger partial charge in [-0.1, -0.05) is 95.8 Å². The molecule has 0 radical (unpaired) electrons. The van der Waals surface area contributed by atoms with E-state index in [1.165, 1.54) is 31.7 Å². The van der Waals surface area contributed by atoms with Gasteiger partial charge in [-0.2, -0.15) is 0 Å². The number of ether oxygens (including phenoxy) is 3. The van der Waals surface area contributed by atoms with E-state index in [1.54, 1.807) is 103 Å². The lowest BCUT2D eigenvalue weighted by Crippen LogP contribution is -2.48. The zero-order chi connectivity index (χ0) is 56.2. The number of hydrogen-bond donors (Lipinski definition) is 7. The van der Waals surface area contributed by atoms with Crippen molar-refractivity contribution in [3.63, 3.8) is 0 Å². The van der Waals surface area contributed by atoms with Crippen LogP contribution in [0, 0.1) is 0 Å². The number of halogens is 4. The molecule has 11 rings (SSSR count). The molecule has 3 aliphatic rings. The molecule has 7 N–H and O–H groups in total. The summed E-state index contributed by atoms with van der Waals surface area (Å²) in [5, 5.41) is 57.7. The molecule has 0 spiro atoms. The van der Waals surface area contributed by atoms with Gasteiger partial charge in [-0.15, -0.1) is 0 Å². The number of fused-ring (bicyclic) bond motifs is 3. The van der Waals surface area contributed by atoms with Gasteiger partial charge in [0.2, 0.25) is 0 Å². The summed E-state index contributed by atoms with van der Waals surface area (Å²) in [5.41, 5.74) is 0.417. The van der Waals surface area contributed by atoms with Crippen molar-refractivity contribution in [1.29, 1.82) is 0 Å². The molecule has 2 saturated heterocycles. The van der Waals surface area contributed by atoms with Crippen LogP contribution in [0.25, 0.3) is 22.1 Å². The number of aromatic amines is 1. The monoisotopic (exact) mass is 1180 g/mol. The summed E-state index contributed by atoms with van der Waals surface area (Å²) in [6.07, 6.45) is -1.95. The smallest absolute Gasteiger partial charge is 0.338 e. The first-order valence-electron chi connectivity index (χ1n) is 23.4. The van der Waals surface area contributed by atoms with Gasteiger partial charge in [0.1, 0.15) is 53.5 Å². The van der Waals surface area contributed by atoms with Crippen molar-refractivity contribution in [1.82, 2.24) is 34.8 Å². The van der Waals surface area contributed by atoms with E-state index in [0.717, 1.165) is 16.6 Å². The Balaban J connectivity index is 0.000000149. The first kappa shape index (κ1) is 58.0. The standard InChI is InChI=1S/C19H19Cl2N4O3P.C19H18Cl2O6.C8H5NO2.C6H5N4P/c1-9(10-3-4-12(20)13(21)7-10)15-19(2,27)14(26)18(28-15)25-6-5-11-16(24-29)22-8-23-17(11)25;1-19(25)15(22)18(24)27-16(19)14(11-7-8-12(20)13(21)9-11)26-17(23)10-5-3-2-4-6-10;10-7-5-3-1-2-4-6(5)8(11)9-7;11-10-6-4-1-2-7-5(4)8-3-9-6/h3-9,14-15,18,26-27,29H,1-2H3;2-9,14-16,18,22,24-25H,1H3;1-4H,(H,9,10,11);1-3,11H,(H,7,8,9)/t9-,14+,15-,18-,19+;14-,15+,16-,18?,19+;;/m11../s1. The van der Waals surface area contributed by atoms with Gasteiger partial charge in [0, 0.05) is 18.3 Å². The lowest BCUT2D eigenvalue weighted by atomic mass is 9.83. The zero-order valence-corrected chi connectivity index (χ0v) is 46.1. The molecule has 0 aliphatic carbocycles. The van der Waals surface area contributed by atoms with Crippen LogP contribution in [0.5, 0.6) is 0 Å². The fourth-order valence-corrected chi connectivity index (χ4v) is 9.87. The van der Waals surface area contributed by atoms with Crippen LogP contribution in [0.15, 0.2) is 138 Å². The van der Waals surface area contributed by atoms with E-state index in [0.29, 0.717) is 60.0 Å². The molecule has 8 aromatic rings. The summed E-state index contributed by atoms with van der Waals surface area (Å²) >= 11 is 24.2. The number of rotatable bonds is 9. The average Bonchev–Trinajstić information content (AvgIpc) is 4.41. The normalized spacial score (nSPS) is 23.8. The van der Waals surface area contributed by atoms with E-state index >= 15 is 0 Å². The predicted molar refractivity (Wildman–Crippen MR) is 294 cm³/mol. The van der Waals surface area contributed by atoms with E-state index in [9.17, 15) is 39.9 Å². The van der Waals surface area contributed by atoms with Crippen molar-refractivity contribution in [3.8, 4) is 0 Å². The van der Waals surface area contributed by atoms with Crippen LogP contribution in [0.2, 0.25) is 20.1 Å². The number of carbonyl (C=O) groups is 3. The van der Waals surface area contributed by atoms with Gasteiger partial charge in [-0.3, -0.25) is 14.9 Å². The summed E-state index contributed by atoms with van der Waals surface area (Å²) < 4.78 is 26.5. The first-order valence-corrected chi connectivity index (χ1v) is 25.8. The van der Waals surface area contributed by atoms with Gasteiger partial charge in [0.25, 0.3) is 11.8 Å². The third-order valence-corrected chi connectivity index (χ3v) is 15.0. The van der Waals surface area contributed by atoms with Crippen molar-refractivity contribution in [3.05, 3.63) is 176 Å². The minimum atomic E-state index is -1.88. The number of nitrogens with one attached hydrogen (secondary N) is 2. The van der Waals surface area contributed by atoms with E-state index in [1.807, 2.05) is 19.1 Å². The third-order valence-electron chi connectivity index (χ3n) is 13.1. The highest BCUT2D eigenvalue weighted by Crippen LogP contribution is 2.45. The maximum absolute atomic E-state index is 12.6. The molecule has 7 heterocycles. The maximum Gasteiger partial charge on any atom is 0.338 e. The van der Waals surface area contributed by atoms with Crippen molar-refractivity contribution in [2.45, 2.75) is 80.9 Å². The van der Waals surface area contributed by atoms with Gasteiger partial charge in [0.15, 0.2) is 30.3 Å². The summed E-state index contributed by atoms with van der Waals surface area (Å²) in [6, 6.07) is 28.5. The Morgan fingerprint density at radius 1 is 0.705 bits per heavy atom. The summed E-state index contributed by atoms with van der Waals surface area (Å²) in [4.78, 5) is 53.8. The average molecular weight is 1180 g/mol. The lowest BCUT2D eigenvalue weighted by Gasteiger charge is -2.32. The second kappa shape index (κ2) is 24.4.